The van der Waals surface area contributed by atoms with Gasteiger partial charge in [0.25, 0.3) is 0 Å². The second-order valence-electron chi connectivity index (χ2n) is 3.89. The van der Waals surface area contributed by atoms with E-state index in [9.17, 15) is 9.18 Å². The Balaban J connectivity index is 2.15. The van der Waals surface area contributed by atoms with Crippen molar-refractivity contribution in [3.8, 4) is 6.07 Å². The van der Waals surface area contributed by atoms with Crippen LogP contribution in [0.1, 0.15) is 21.6 Å². The van der Waals surface area contributed by atoms with Gasteiger partial charge < -0.3 is 5.11 Å². The molecule has 0 aliphatic rings. The van der Waals surface area contributed by atoms with Gasteiger partial charge in [-0.25, -0.2) is 14.2 Å². The lowest BCUT2D eigenvalue weighted by Gasteiger charge is -2.04. The standard InChI is InChI=1S/C14H9FN2O2S/c15-12-2-1-9(7-16)5-10(12)8-20-11-3-4-17-13(6-11)14(18)19/h1-6H,8H2,(H,18,19). The lowest BCUT2D eigenvalue weighted by atomic mass is 10.1. The van der Waals surface area contributed by atoms with E-state index in [2.05, 4.69) is 4.98 Å². The number of nitrogens with zero attached hydrogens (tertiary/aromatic N) is 2. The molecule has 20 heavy (non-hydrogen) atoms. The summed E-state index contributed by atoms with van der Waals surface area (Å²) < 4.78 is 13.6. The number of hydrogen-bond acceptors (Lipinski definition) is 4. The first-order valence-electron chi connectivity index (χ1n) is 5.61. The quantitative estimate of drug-likeness (QED) is 0.875. The van der Waals surface area contributed by atoms with Gasteiger partial charge in [-0.15, -0.1) is 11.8 Å². The summed E-state index contributed by atoms with van der Waals surface area (Å²) in [5.41, 5.74) is 0.743. The molecule has 0 aliphatic carbocycles. The van der Waals surface area contributed by atoms with Crippen molar-refractivity contribution in [3.63, 3.8) is 0 Å². The van der Waals surface area contributed by atoms with Gasteiger partial charge in [-0.3, -0.25) is 0 Å². The van der Waals surface area contributed by atoms with Crippen LogP contribution >= 0.6 is 11.8 Å². The van der Waals surface area contributed by atoms with Crippen molar-refractivity contribution in [1.29, 1.82) is 5.26 Å². The van der Waals surface area contributed by atoms with Crippen LogP contribution in [0.5, 0.6) is 0 Å². The minimum Gasteiger partial charge on any atom is -0.477 e. The van der Waals surface area contributed by atoms with Crippen LogP contribution in [-0.4, -0.2) is 16.1 Å². The maximum atomic E-state index is 13.6. The highest BCUT2D eigenvalue weighted by Crippen LogP contribution is 2.24. The zero-order valence-corrected chi connectivity index (χ0v) is 11.0. The maximum Gasteiger partial charge on any atom is 0.354 e. The summed E-state index contributed by atoms with van der Waals surface area (Å²) >= 11 is 1.29. The van der Waals surface area contributed by atoms with Crippen molar-refractivity contribution in [1.82, 2.24) is 4.98 Å². The Morgan fingerprint density at radius 2 is 2.20 bits per heavy atom. The van der Waals surface area contributed by atoms with Crippen molar-refractivity contribution < 1.29 is 14.3 Å². The lowest BCUT2D eigenvalue weighted by molar-refractivity contribution is 0.0690. The molecular formula is C14H9FN2O2S. The maximum absolute atomic E-state index is 13.6. The summed E-state index contributed by atoms with van der Waals surface area (Å²) in [7, 11) is 0. The minimum atomic E-state index is -1.11. The summed E-state index contributed by atoms with van der Waals surface area (Å²) in [5.74, 6) is -1.18. The molecule has 0 unspecified atom stereocenters. The highest BCUT2D eigenvalue weighted by Gasteiger charge is 2.08. The Labute approximate surface area is 118 Å². The van der Waals surface area contributed by atoms with Crippen molar-refractivity contribution in [2.75, 3.05) is 0 Å². The molecule has 0 saturated carbocycles. The summed E-state index contributed by atoms with van der Waals surface area (Å²) in [5, 5.41) is 17.6. The number of aromatic nitrogens is 1. The van der Waals surface area contributed by atoms with Gasteiger partial charge in [-0.05, 0) is 35.9 Å². The SMILES string of the molecule is N#Cc1ccc(F)c(CSc2ccnc(C(=O)O)c2)c1. The van der Waals surface area contributed by atoms with E-state index in [-0.39, 0.29) is 11.5 Å². The summed E-state index contributed by atoms with van der Waals surface area (Å²) in [6.45, 7) is 0. The summed E-state index contributed by atoms with van der Waals surface area (Å²) in [4.78, 5) is 15.2. The first-order chi connectivity index (χ1) is 9.60. The Bertz CT molecular complexity index is 698. The molecule has 1 aromatic carbocycles. The van der Waals surface area contributed by atoms with Gasteiger partial charge in [-0.2, -0.15) is 5.26 Å². The number of benzene rings is 1. The predicted molar refractivity (Wildman–Crippen MR) is 71.9 cm³/mol. The van der Waals surface area contributed by atoms with E-state index in [4.69, 9.17) is 10.4 Å². The molecule has 0 spiro atoms. The zero-order valence-electron chi connectivity index (χ0n) is 10.2. The molecule has 0 aliphatic heterocycles. The van der Waals surface area contributed by atoms with E-state index in [1.165, 1.54) is 42.2 Å². The molecule has 0 radical (unpaired) electrons. The fourth-order valence-corrected chi connectivity index (χ4v) is 2.43. The van der Waals surface area contributed by atoms with Gasteiger partial charge in [0.2, 0.25) is 0 Å². The number of halogens is 1. The number of rotatable bonds is 4. The second kappa shape index (κ2) is 6.17. The molecule has 1 N–H and O–H groups in total. The Morgan fingerprint density at radius 3 is 2.90 bits per heavy atom. The van der Waals surface area contributed by atoms with E-state index < -0.39 is 5.97 Å². The van der Waals surface area contributed by atoms with E-state index >= 15 is 0 Å². The van der Waals surface area contributed by atoms with Crippen LogP contribution in [0.15, 0.2) is 41.4 Å². The number of carboxylic acids is 1. The summed E-state index contributed by atoms with van der Waals surface area (Å²) in [6.07, 6.45) is 1.40. The molecule has 6 heteroatoms. The number of nitriles is 1. The third-order valence-corrected chi connectivity index (χ3v) is 3.56. The van der Waals surface area contributed by atoms with Gasteiger partial charge >= 0.3 is 5.97 Å². The molecule has 4 nitrogen and oxygen atoms in total. The van der Waals surface area contributed by atoms with Crippen LogP contribution in [0.3, 0.4) is 0 Å². The molecule has 100 valence electrons. The monoisotopic (exact) mass is 288 g/mol. The van der Waals surface area contributed by atoms with Gasteiger partial charge in [0.1, 0.15) is 11.5 Å². The summed E-state index contributed by atoms with van der Waals surface area (Å²) in [6, 6.07) is 9.20. The van der Waals surface area contributed by atoms with Crippen LogP contribution in [0.4, 0.5) is 4.39 Å². The number of carboxylic acid groups (broad SMARTS) is 1. The number of pyridine rings is 1. The van der Waals surface area contributed by atoms with Gasteiger partial charge in [-0.1, -0.05) is 0 Å². The van der Waals surface area contributed by atoms with Crippen molar-refractivity contribution in [3.05, 3.63) is 59.2 Å². The van der Waals surface area contributed by atoms with E-state index in [1.54, 1.807) is 6.07 Å². The molecule has 0 saturated heterocycles. The Morgan fingerprint density at radius 1 is 1.40 bits per heavy atom. The molecule has 0 amide bonds. The number of hydrogen-bond donors (Lipinski definition) is 1. The highest BCUT2D eigenvalue weighted by atomic mass is 32.2. The predicted octanol–water partition coefficient (Wildman–Crippen LogP) is 3.08. The van der Waals surface area contributed by atoms with E-state index in [1.807, 2.05) is 6.07 Å². The van der Waals surface area contributed by atoms with Crippen LogP contribution in [-0.2, 0) is 5.75 Å². The Kier molecular flexibility index (Phi) is 4.33. The average Bonchev–Trinajstić information content (AvgIpc) is 2.46. The second-order valence-corrected chi connectivity index (χ2v) is 4.94. The zero-order chi connectivity index (χ0) is 14.5. The van der Waals surface area contributed by atoms with Crippen LogP contribution in [0.25, 0.3) is 0 Å². The molecule has 0 atom stereocenters. The molecule has 1 aromatic heterocycles. The van der Waals surface area contributed by atoms with E-state index in [0.717, 1.165) is 0 Å². The molecule has 2 aromatic rings. The molecule has 2 rings (SSSR count). The van der Waals surface area contributed by atoms with Gasteiger partial charge in [0, 0.05) is 16.8 Å². The number of thioether (sulfide) groups is 1. The molecule has 1 heterocycles. The van der Waals surface area contributed by atoms with E-state index in [0.29, 0.717) is 21.8 Å². The number of carbonyl (C=O) groups is 1. The normalized spacial score (nSPS) is 10.0. The topological polar surface area (TPSA) is 74.0 Å². The van der Waals surface area contributed by atoms with Crippen LogP contribution in [0, 0.1) is 17.1 Å². The first kappa shape index (κ1) is 14.0. The largest absolute Gasteiger partial charge is 0.477 e. The first-order valence-corrected chi connectivity index (χ1v) is 6.59. The fourth-order valence-electron chi connectivity index (χ4n) is 1.53. The van der Waals surface area contributed by atoms with Crippen LogP contribution in [0.2, 0.25) is 0 Å². The highest BCUT2D eigenvalue weighted by molar-refractivity contribution is 7.98. The third-order valence-electron chi connectivity index (χ3n) is 2.52. The average molecular weight is 288 g/mol. The molecular weight excluding hydrogens is 279 g/mol. The van der Waals surface area contributed by atoms with Gasteiger partial charge in [0.15, 0.2) is 0 Å². The van der Waals surface area contributed by atoms with Crippen molar-refractivity contribution in [2.24, 2.45) is 0 Å². The number of aromatic carboxylic acids is 1. The third kappa shape index (κ3) is 3.33. The fraction of sp³-hybridized carbons (Fsp3) is 0.0714. The van der Waals surface area contributed by atoms with Crippen molar-refractivity contribution in [2.45, 2.75) is 10.6 Å². The van der Waals surface area contributed by atoms with Crippen LogP contribution < -0.4 is 0 Å². The smallest absolute Gasteiger partial charge is 0.354 e. The lowest BCUT2D eigenvalue weighted by Crippen LogP contribution is -1.99. The Hall–Kier alpha value is -2.39. The minimum absolute atomic E-state index is 0.0544. The molecule has 0 fully saturated rings. The van der Waals surface area contributed by atoms with Gasteiger partial charge in [0.05, 0.1) is 11.6 Å². The van der Waals surface area contributed by atoms with Crippen molar-refractivity contribution >= 4 is 17.7 Å². The molecule has 0 bridgehead atoms.